The predicted octanol–water partition coefficient (Wildman–Crippen LogP) is -0.418. The van der Waals surface area contributed by atoms with Crippen molar-refractivity contribution in [3.05, 3.63) is 0 Å². The molecule has 0 aliphatic carbocycles. The molecule has 8 heavy (non-hydrogen) atoms. The zero-order valence-electron chi connectivity index (χ0n) is 4.97. The van der Waals surface area contributed by atoms with Gasteiger partial charge in [-0.1, -0.05) is 0 Å². The van der Waals surface area contributed by atoms with Crippen LogP contribution >= 0.6 is 0 Å². The third-order valence-electron chi connectivity index (χ3n) is 1.30. The summed E-state index contributed by atoms with van der Waals surface area (Å²) in [4.78, 5) is 2.07. The summed E-state index contributed by atoms with van der Waals surface area (Å²) in [6.45, 7) is 3.34. The maximum atomic E-state index is 5.35. The quantitative estimate of drug-likeness (QED) is 0.506. The van der Waals surface area contributed by atoms with Gasteiger partial charge in [-0.3, -0.25) is 4.90 Å². The topological polar surface area (TPSA) is 38.5 Å². The molecule has 1 heterocycles. The highest BCUT2D eigenvalue weighted by atomic mass is 16.5. The number of rotatable bonds is 1. The van der Waals surface area contributed by atoms with E-state index < -0.39 is 0 Å². The minimum atomic E-state index is 0.625. The van der Waals surface area contributed by atoms with E-state index in [9.17, 15) is 0 Å². The third kappa shape index (κ3) is 1.43. The van der Waals surface area contributed by atoms with Crippen molar-refractivity contribution < 1.29 is 4.74 Å². The van der Waals surface area contributed by atoms with Crippen molar-refractivity contribution in [3.63, 3.8) is 0 Å². The number of hydrogen-bond donors (Lipinski definition) is 1. The molecule has 2 N–H and O–H groups in total. The minimum absolute atomic E-state index is 0.625. The third-order valence-corrected chi connectivity index (χ3v) is 1.30. The fraction of sp³-hybridized carbons (Fsp3) is 1.00. The lowest BCUT2D eigenvalue weighted by Gasteiger charge is -2.24. The van der Waals surface area contributed by atoms with E-state index in [1.807, 2.05) is 0 Å². The molecule has 0 saturated carbocycles. The molecule has 1 saturated heterocycles. The van der Waals surface area contributed by atoms with Gasteiger partial charge >= 0.3 is 0 Å². The van der Waals surface area contributed by atoms with E-state index in [-0.39, 0.29) is 0 Å². The van der Waals surface area contributed by atoms with Gasteiger partial charge in [-0.2, -0.15) is 0 Å². The number of hydrogen-bond acceptors (Lipinski definition) is 3. The first kappa shape index (κ1) is 6.01. The van der Waals surface area contributed by atoms with Gasteiger partial charge in [0, 0.05) is 19.8 Å². The Bertz CT molecular complexity index is 61.4. The zero-order chi connectivity index (χ0) is 5.82. The van der Waals surface area contributed by atoms with Crippen LogP contribution in [0.5, 0.6) is 0 Å². The van der Waals surface area contributed by atoms with E-state index in [1.165, 1.54) is 0 Å². The fourth-order valence-corrected chi connectivity index (χ4v) is 0.792. The van der Waals surface area contributed by atoms with Crippen LogP contribution in [0.15, 0.2) is 0 Å². The molecule has 3 nitrogen and oxygen atoms in total. The Balaban J connectivity index is 2.13. The average Bonchev–Trinajstić information content (AvgIpc) is 1.90. The second-order valence-electron chi connectivity index (χ2n) is 1.97. The molecule has 0 aromatic heterocycles. The molecule has 0 bridgehead atoms. The molecule has 0 aromatic rings. The highest BCUT2D eigenvalue weighted by Gasteiger charge is 2.06. The van der Waals surface area contributed by atoms with E-state index >= 15 is 0 Å². The lowest BCUT2D eigenvalue weighted by molar-refractivity contribution is -0.0118. The van der Waals surface area contributed by atoms with Crippen molar-refractivity contribution in [2.45, 2.75) is 6.42 Å². The number of nitrogens with zero attached hydrogens (tertiary/aromatic N) is 1. The molecule has 0 aromatic carbocycles. The van der Waals surface area contributed by atoms with Gasteiger partial charge in [0.1, 0.15) is 0 Å². The molecule has 1 fully saturated rings. The van der Waals surface area contributed by atoms with Crippen LogP contribution in [0.2, 0.25) is 0 Å². The summed E-state index contributed by atoms with van der Waals surface area (Å²) >= 11 is 0. The van der Waals surface area contributed by atoms with Gasteiger partial charge in [-0.15, -0.1) is 0 Å². The van der Waals surface area contributed by atoms with Crippen molar-refractivity contribution in [3.8, 4) is 0 Å². The van der Waals surface area contributed by atoms with Crippen LogP contribution in [0.25, 0.3) is 0 Å². The van der Waals surface area contributed by atoms with E-state index in [0.29, 0.717) is 6.67 Å². The molecule has 0 spiro atoms. The van der Waals surface area contributed by atoms with Gasteiger partial charge < -0.3 is 10.5 Å². The summed E-state index contributed by atoms with van der Waals surface area (Å²) in [5.74, 6) is 0. The summed E-state index contributed by atoms with van der Waals surface area (Å²) in [5.41, 5.74) is 5.35. The lowest BCUT2D eigenvalue weighted by atomic mass is 10.4. The van der Waals surface area contributed by atoms with Crippen LogP contribution in [0, 0.1) is 0 Å². The molecular formula is C5H12N2O. The Labute approximate surface area is 49.4 Å². The first-order chi connectivity index (χ1) is 3.93. The molecule has 0 unspecified atom stereocenters. The van der Waals surface area contributed by atoms with Crippen molar-refractivity contribution >= 4 is 0 Å². The summed E-state index contributed by atoms with van der Waals surface area (Å²) in [5, 5.41) is 0. The van der Waals surface area contributed by atoms with E-state index in [4.69, 9.17) is 10.5 Å². The standard InChI is InChI=1S/C5H12N2O/c6-4-7-2-1-3-8-5-7/h1-6H2. The normalized spacial score (nSPS) is 23.6. The first-order valence-electron chi connectivity index (χ1n) is 2.93. The summed E-state index contributed by atoms with van der Waals surface area (Å²) < 4.78 is 5.12. The molecule has 48 valence electrons. The maximum absolute atomic E-state index is 5.35. The van der Waals surface area contributed by atoms with Crippen LogP contribution < -0.4 is 5.73 Å². The van der Waals surface area contributed by atoms with Crippen molar-refractivity contribution in [1.29, 1.82) is 0 Å². The molecular weight excluding hydrogens is 104 g/mol. The summed E-state index contributed by atoms with van der Waals surface area (Å²) in [7, 11) is 0. The van der Waals surface area contributed by atoms with Gasteiger partial charge in [-0.05, 0) is 6.42 Å². The van der Waals surface area contributed by atoms with Crippen molar-refractivity contribution in [2.75, 3.05) is 26.6 Å². The van der Waals surface area contributed by atoms with E-state index in [0.717, 1.165) is 26.3 Å². The Morgan fingerprint density at radius 3 is 2.88 bits per heavy atom. The molecule has 1 rings (SSSR count). The molecule has 1 aliphatic rings. The largest absolute Gasteiger partial charge is 0.366 e. The monoisotopic (exact) mass is 116 g/mol. The van der Waals surface area contributed by atoms with Crippen LogP contribution in [0.1, 0.15) is 6.42 Å². The van der Waals surface area contributed by atoms with E-state index in [2.05, 4.69) is 4.90 Å². The van der Waals surface area contributed by atoms with Gasteiger partial charge in [0.15, 0.2) is 0 Å². The highest BCUT2D eigenvalue weighted by molar-refractivity contribution is 4.53. The van der Waals surface area contributed by atoms with Gasteiger partial charge in [0.05, 0.1) is 6.73 Å². The average molecular weight is 116 g/mol. The van der Waals surface area contributed by atoms with Crippen LogP contribution in [0.3, 0.4) is 0 Å². The van der Waals surface area contributed by atoms with Crippen molar-refractivity contribution in [2.24, 2.45) is 5.73 Å². The minimum Gasteiger partial charge on any atom is -0.366 e. The van der Waals surface area contributed by atoms with Gasteiger partial charge in [0.2, 0.25) is 0 Å². The van der Waals surface area contributed by atoms with E-state index in [1.54, 1.807) is 0 Å². The molecule has 1 aliphatic heterocycles. The maximum Gasteiger partial charge on any atom is 0.1000 e. The second-order valence-corrected chi connectivity index (χ2v) is 1.97. The first-order valence-corrected chi connectivity index (χ1v) is 2.93. The SMILES string of the molecule is NCN1CCCOC1. The van der Waals surface area contributed by atoms with Gasteiger partial charge in [0.25, 0.3) is 0 Å². The Morgan fingerprint density at radius 2 is 2.50 bits per heavy atom. The molecule has 3 heteroatoms. The Hall–Kier alpha value is -0.120. The smallest absolute Gasteiger partial charge is 0.1000 e. The van der Waals surface area contributed by atoms with Crippen LogP contribution in [0.4, 0.5) is 0 Å². The Kier molecular flexibility index (Phi) is 2.27. The predicted molar refractivity (Wildman–Crippen MR) is 31.2 cm³/mol. The lowest BCUT2D eigenvalue weighted by Crippen LogP contribution is -2.37. The van der Waals surface area contributed by atoms with Crippen LogP contribution in [-0.2, 0) is 4.74 Å². The fourth-order valence-electron chi connectivity index (χ4n) is 0.792. The Morgan fingerprint density at radius 1 is 1.62 bits per heavy atom. The molecule has 0 amide bonds. The highest BCUT2D eigenvalue weighted by Crippen LogP contribution is 1.96. The van der Waals surface area contributed by atoms with Crippen LogP contribution in [-0.4, -0.2) is 31.5 Å². The molecule has 0 radical (unpaired) electrons. The van der Waals surface area contributed by atoms with Gasteiger partial charge in [-0.25, -0.2) is 0 Å². The summed E-state index contributed by atoms with van der Waals surface area (Å²) in [6, 6.07) is 0. The summed E-state index contributed by atoms with van der Waals surface area (Å²) in [6.07, 6.45) is 1.12. The molecule has 0 atom stereocenters. The second kappa shape index (κ2) is 3.02. The van der Waals surface area contributed by atoms with Crippen molar-refractivity contribution in [1.82, 2.24) is 4.90 Å². The zero-order valence-corrected chi connectivity index (χ0v) is 4.97. The number of ether oxygens (including phenoxy) is 1. The number of nitrogens with two attached hydrogens (primary N) is 1.